The van der Waals surface area contributed by atoms with Crippen molar-refractivity contribution in [3.63, 3.8) is 0 Å². The van der Waals surface area contributed by atoms with Crippen molar-refractivity contribution in [3.8, 4) is 5.75 Å². The third-order valence-electron chi connectivity index (χ3n) is 7.75. The molecule has 1 aliphatic heterocycles. The van der Waals surface area contributed by atoms with Gasteiger partial charge in [0.25, 0.3) is 10.0 Å². The van der Waals surface area contributed by atoms with Crippen molar-refractivity contribution >= 4 is 39.1 Å². The second-order valence-corrected chi connectivity index (χ2v) is 13.6. The molecule has 1 aliphatic carbocycles. The summed E-state index contributed by atoms with van der Waals surface area (Å²) < 4.78 is 85.9. The standard InChI is InChI=1S/C25H28ClF3N6O7S/c1-6-34-11-16(18(26)32-34)43(38,39)35-12-24(10-17(24)22(2,3)19-31-21(37)42-33-19)40-15-8-7-13(9-14(15)35)30-20(36)41-23(4,5)25(27,28)29/h7-9,11,17H,6,10,12H2,1-5H3,(H,30,36)(H,31,33,37)/t17-,24-/m1/s1. The molecule has 43 heavy (non-hydrogen) atoms. The zero-order valence-corrected chi connectivity index (χ0v) is 25.1. The van der Waals surface area contributed by atoms with Crippen molar-refractivity contribution in [2.24, 2.45) is 5.92 Å². The molecule has 0 unspecified atom stereocenters. The molecular formula is C25H28ClF3N6O7S. The highest BCUT2D eigenvalue weighted by Crippen LogP contribution is 2.60. The van der Waals surface area contributed by atoms with Crippen LogP contribution in [0.1, 0.15) is 46.9 Å². The fourth-order valence-corrected chi connectivity index (χ4v) is 7.07. The number of sulfonamides is 1. The lowest BCUT2D eigenvalue weighted by Crippen LogP contribution is -2.48. The normalized spacial score (nSPS) is 20.5. The first-order valence-electron chi connectivity index (χ1n) is 13.0. The average molecular weight is 649 g/mol. The Hall–Kier alpha value is -3.73. The molecule has 3 aromatic rings. The number of alkyl halides is 3. The molecule has 2 aliphatic rings. The fourth-order valence-electron chi connectivity index (χ4n) is 5.10. The van der Waals surface area contributed by atoms with Crippen LogP contribution in [-0.4, -0.2) is 58.4 Å². The Morgan fingerprint density at radius 2 is 1.98 bits per heavy atom. The van der Waals surface area contributed by atoms with Gasteiger partial charge < -0.3 is 9.47 Å². The number of hydrogen-bond donors (Lipinski definition) is 2. The maximum absolute atomic E-state index is 14.1. The number of aromatic nitrogens is 4. The van der Waals surface area contributed by atoms with Crippen LogP contribution in [-0.2, 0) is 26.7 Å². The molecule has 1 saturated carbocycles. The van der Waals surface area contributed by atoms with Crippen molar-refractivity contribution in [3.05, 3.63) is 45.9 Å². The summed E-state index contributed by atoms with van der Waals surface area (Å²) in [7, 11) is -4.40. The van der Waals surface area contributed by atoms with Crippen molar-refractivity contribution in [1.29, 1.82) is 0 Å². The third kappa shape index (κ3) is 5.32. The summed E-state index contributed by atoms with van der Waals surface area (Å²) in [5, 5.41) is 9.80. The Kier molecular flexibility index (Phi) is 7.07. The molecule has 1 spiro atoms. The number of aryl methyl sites for hydroxylation is 1. The number of nitrogens with one attached hydrogen (secondary N) is 2. The smallest absolute Gasteiger partial charge is 0.438 e. The molecule has 234 valence electrons. The van der Waals surface area contributed by atoms with E-state index < -0.39 is 44.7 Å². The molecule has 3 heterocycles. The van der Waals surface area contributed by atoms with Gasteiger partial charge in [-0.3, -0.25) is 23.8 Å². The SMILES string of the molecule is CCn1cc(S(=O)(=O)N2C[C@@]3(C[C@@H]3C(C)(C)c3noc(=O)[nH]3)Oc3ccc(NC(=O)OC(C)(C)C(F)(F)F)cc32)c(Cl)n1. The van der Waals surface area contributed by atoms with E-state index in [2.05, 4.69) is 29.8 Å². The Morgan fingerprint density at radius 3 is 2.56 bits per heavy atom. The van der Waals surface area contributed by atoms with Gasteiger partial charge in [0.15, 0.2) is 11.0 Å². The number of carbonyl (C=O) groups excluding carboxylic acids is 1. The van der Waals surface area contributed by atoms with Gasteiger partial charge in [-0.15, -0.1) is 0 Å². The van der Waals surface area contributed by atoms with Crippen LogP contribution in [0.15, 0.2) is 38.6 Å². The second-order valence-electron chi connectivity index (χ2n) is 11.4. The highest BCUT2D eigenvalue weighted by atomic mass is 35.5. The third-order valence-corrected chi connectivity index (χ3v) is 9.91. The molecule has 0 saturated heterocycles. The van der Waals surface area contributed by atoms with Crippen molar-refractivity contribution in [2.75, 3.05) is 16.2 Å². The zero-order valence-electron chi connectivity index (χ0n) is 23.6. The lowest BCUT2D eigenvalue weighted by Gasteiger charge is -2.38. The van der Waals surface area contributed by atoms with Gasteiger partial charge in [0.1, 0.15) is 16.2 Å². The van der Waals surface area contributed by atoms with E-state index >= 15 is 0 Å². The quantitative estimate of drug-likeness (QED) is 0.377. The largest absolute Gasteiger partial charge is 0.483 e. The summed E-state index contributed by atoms with van der Waals surface area (Å²) in [6.07, 6.45) is -4.57. The number of halogens is 4. The monoisotopic (exact) mass is 648 g/mol. The topological polar surface area (TPSA) is 162 Å². The van der Waals surface area contributed by atoms with Gasteiger partial charge in [-0.1, -0.05) is 30.6 Å². The first kappa shape index (κ1) is 30.7. The number of rotatable bonds is 7. The van der Waals surface area contributed by atoms with Gasteiger partial charge in [0.05, 0.1) is 12.2 Å². The number of carbonyl (C=O) groups is 1. The molecule has 18 heteroatoms. The van der Waals surface area contributed by atoms with E-state index in [1.807, 2.05) is 0 Å². The molecule has 2 atom stereocenters. The van der Waals surface area contributed by atoms with Crippen LogP contribution in [0.25, 0.3) is 0 Å². The van der Waals surface area contributed by atoms with Gasteiger partial charge in [-0.25, -0.2) is 18.0 Å². The van der Waals surface area contributed by atoms with Crippen LogP contribution < -0.4 is 20.1 Å². The maximum atomic E-state index is 14.1. The van der Waals surface area contributed by atoms with E-state index in [9.17, 15) is 31.2 Å². The first-order valence-corrected chi connectivity index (χ1v) is 14.8. The summed E-state index contributed by atoms with van der Waals surface area (Å²) in [4.78, 5) is 26.3. The number of fused-ring (bicyclic) bond motifs is 1. The molecule has 0 radical (unpaired) electrons. The molecule has 0 bridgehead atoms. The lowest BCUT2D eigenvalue weighted by atomic mass is 9.84. The van der Waals surface area contributed by atoms with Crippen LogP contribution in [0.4, 0.5) is 29.3 Å². The van der Waals surface area contributed by atoms with Crippen molar-refractivity contribution < 1.29 is 40.4 Å². The Labute approximate surface area is 248 Å². The van der Waals surface area contributed by atoms with E-state index in [1.54, 1.807) is 20.8 Å². The van der Waals surface area contributed by atoms with Crippen molar-refractivity contribution in [2.45, 2.75) is 75.3 Å². The molecular weight excluding hydrogens is 621 g/mol. The second kappa shape index (κ2) is 9.90. The Morgan fingerprint density at radius 1 is 1.28 bits per heavy atom. The number of ether oxygens (including phenoxy) is 2. The predicted molar refractivity (Wildman–Crippen MR) is 146 cm³/mol. The minimum absolute atomic E-state index is 0.00267. The molecule has 1 aromatic carbocycles. The highest BCUT2D eigenvalue weighted by molar-refractivity contribution is 7.93. The van der Waals surface area contributed by atoms with Crippen LogP contribution in [0.5, 0.6) is 5.75 Å². The highest BCUT2D eigenvalue weighted by Gasteiger charge is 2.67. The lowest BCUT2D eigenvalue weighted by molar-refractivity contribution is -0.242. The molecule has 2 N–H and O–H groups in total. The van der Waals surface area contributed by atoms with Crippen LogP contribution in [0, 0.1) is 5.92 Å². The Bertz CT molecular complexity index is 1750. The minimum Gasteiger partial charge on any atom is -0.483 e. The summed E-state index contributed by atoms with van der Waals surface area (Å²) in [5.74, 6) is -0.694. The molecule has 5 rings (SSSR count). The van der Waals surface area contributed by atoms with E-state index in [-0.39, 0.29) is 45.5 Å². The zero-order chi connectivity index (χ0) is 31.8. The van der Waals surface area contributed by atoms with E-state index in [4.69, 9.17) is 16.3 Å². The van der Waals surface area contributed by atoms with Crippen LogP contribution in [0.3, 0.4) is 0 Å². The fraction of sp³-hybridized carbons (Fsp3) is 0.520. The molecule has 2 aromatic heterocycles. The van der Waals surface area contributed by atoms with E-state index in [1.165, 1.54) is 29.1 Å². The molecule has 1 amide bonds. The van der Waals surface area contributed by atoms with Gasteiger partial charge in [-0.2, -0.15) is 18.3 Å². The average Bonchev–Trinajstić information content (AvgIpc) is 3.19. The van der Waals surface area contributed by atoms with Crippen molar-refractivity contribution in [1.82, 2.24) is 19.9 Å². The number of nitrogens with zero attached hydrogens (tertiary/aromatic N) is 4. The van der Waals surface area contributed by atoms with Crippen LogP contribution in [0.2, 0.25) is 5.15 Å². The van der Waals surface area contributed by atoms with E-state index in [0.717, 1.165) is 4.31 Å². The summed E-state index contributed by atoms with van der Waals surface area (Å²) in [6, 6.07) is 3.97. The number of amides is 1. The first-order chi connectivity index (χ1) is 19.8. The number of H-pyrrole nitrogens is 1. The number of aromatic amines is 1. The maximum Gasteiger partial charge on any atom is 0.438 e. The van der Waals surface area contributed by atoms with Gasteiger partial charge in [-0.05, 0) is 45.4 Å². The number of benzene rings is 1. The van der Waals surface area contributed by atoms with E-state index in [0.29, 0.717) is 26.8 Å². The van der Waals surface area contributed by atoms with Gasteiger partial charge >= 0.3 is 18.0 Å². The summed E-state index contributed by atoms with van der Waals surface area (Å²) in [5.41, 5.74) is -4.70. The molecule has 1 fully saturated rings. The van der Waals surface area contributed by atoms with Gasteiger partial charge in [0, 0.05) is 29.8 Å². The molecule has 13 nitrogen and oxygen atoms in total. The predicted octanol–water partition coefficient (Wildman–Crippen LogP) is 4.45. The summed E-state index contributed by atoms with van der Waals surface area (Å²) >= 11 is 6.24. The number of anilines is 2. The summed E-state index contributed by atoms with van der Waals surface area (Å²) in [6.45, 7) is 6.90. The number of hydrogen-bond acceptors (Lipinski definition) is 9. The van der Waals surface area contributed by atoms with Crippen LogP contribution >= 0.6 is 11.6 Å². The van der Waals surface area contributed by atoms with Gasteiger partial charge in [0.2, 0.25) is 5.60 Å². The minimum atomic E-state index is -4.83. The Balaban J connectivity index is 1.53.